The highest BCUT2D eigenvalue weighted by molar-refractivity contribution is 5.94. The maximum absolute atomic E-state index is 12.4. The molecular formula is C17H25NO3. The first kappa shape index (κ1) is 15.8. The molecule has 4 nitrogen and oxygen atoms in total. The summed E-state index contributed by atoms with van der Waals surface area (Å²) < 4.78 is 11.1. The van der Waals surface area contributed by atoms with Gasteiger partial charge in [-0.25, -0.2) is 0 Å². The van der Waals surface area contributed by atoms with Gasteiger partial charge in [-0.3, -0.25) is 4.79 Å². The van der Waals surface area contributed by atoms with Crippen molar-refractivity contribution in [3.63, 3.8) is 0 Å². The van der Waals surface area contributed by atoms with Crippen molar-refractivity contribution in [2.45, 2.75) is 33.3 Å². The summed E-state index contributed by atoms with van der Waals surface area (Å²) in [6.07, 6.45) is 1.15. The van der Waals surface area contributed by atoms with Gasteiger partial charge in [-0.2, -0.15) is 0 Å². The average Bonchev–Trinajstić information content (AvgIpc) is 2.47. The van der Waals surface area contributed by atoms with Crippen LogP contribution < -0.4 is 4.74 Å². The third-order valence-corrected chi connectivity index (χ3v) is 3.59. The number of rotatable bonds is 5. The number of hydrogen-bond acceptors (Lipinski definition) is 3. The number of carbonyl (C=O) groups is 1. The second-order valence-electron chi connectivity index (χ2n) is 5.99. The Morgan fingerprint density at radius 2 is 2.10 bits per heavy atom. The number of hydrogen-bond donors (Lipinski definition) is 0. The van der Waals surface area contributed by atoms with Crippen molar-refractivity contribution in [2.24, 2.45) is 5.92 Å². The van der Waals surface area contributed by atoms with Crippen LogP contribution in [-0.4, -0.2) is 43.2 Å². The van der Waals surface area contributed by atoms with Crippen LogP contribution in [0.15, 0.2) is 24.3 Å². The molecule has 0 saturated carbocycles. The Labute approximate surface area is 127 Å². The third kappa shape index (κ3) is 4.74. The Bertz CT molecular complexity index is 456. The third-order valence-electron chi connectivity index (χ3n) is 3.59. The predicted molar refractivity (Wildman–Crippen MR) is 82.7 cm³/mol. The Morgan fingerprint density at radius 1 is 1.38 bits per heavy atom. The van der Waals surface area contributed by atoms with Crippen LogP contribution in [0.5, 0.6) is 5.75 Å². The quantitative estimate of drug-likeness (QED) is 0.837. The van der Waals surface area contributed by atoms with Gasteiger partial charge < -0.3 is 14.4 Å². The summed E-state index contributed by atoms with van der Waals surface area (Å²) in [4.78, 5) is 14.2. The zero-order chi connectivity index (χ0) is 15.2. The normalized spacial score (nSPS) is 18.9. The molecular weight excluding hydrogens is 266 g/mol. The first-order valence-electron chi connectivity index (χ1n) is 7.70. The molecule has 1 unspecified atom stereocenters. The molecule has 21 heavy (non-hydrogen) atoms. The smallest absolute Gasteiger partial charge is 0.254 e. The zero-order valence-electron chi connectivity index (χ0n) is 13.2. The predicted octanol–water partition coefficient (Wildman–Crippen LogP) is 2.97. The standard InChI is InChI=1S/C17H25NO3/c1-13(2)8-10-21-16-6-4-15(5-7-16)17(19)18-9-11-20-14(3)12-18/h4-7,13-14H,8-12H2,1-3H3. The van der Waals surface area contributed by atoms with Crippen LogP contribution in [0, 0.1) is 5.92 Å². The van der Waals surface area contributed by atoms with E-state index >= 15 is 0 Å². The molecule has 1 aromatic rings. The van der Waals surface area contributed by atoms with E-state index in [4.69, 9.17) is 9.47 Å². The Balaban J connectivity index is 1.90. The highest BCUT2D eigenvalue weighted by Gasteiger charge is 2.22. The molecule has 1 aliphatic heterocycles. The molecule has 116 valence electrons. The molecule has 1 aliphatic rings. The Kier molecular flexibility index (Phi) is 5.62. The fraction of sp³-hybridized carbons (Fsp3) is 0.588. The van der Waals surface area contributed by atoms with E-state index in [-0.39, 0.29) is 12.0 Å². The van der Waals surface area contributed by atoms with Gasteiger partial charge in [0.25, 0.3) is 5.91 Å². The van der Waals surface area contributed by atoms with E-state index in [0.29, 0.717) is 37.8 Å². The van der Waals surface area contributed by atoms with Gasteiger partial charge in [0.15, 0.2) is 0 Å². The lowest BCUT2D eigenvalue weighted by molar-refractivity contribution is -0.0124. The number of ether oxygens (including phenoxy) is 2. The molecule has 1 aromatic carbocycles. The van der Waals surface area contributed by atoms with E-state index in [1.165, 1.54) is 0 Å². The molecule has 0 aliphatic carbocycles. The molecule has 0 bridgehead atoms. The van der Waals surface area contributed by atoms with Gasteiger partial charge in [-0.15, -0.1) is 0 Å². The van der Waals surface area contributed by atoms with Crippen molar-refractivity contribution >= 4 is 5.91 Å². The summed E-state index contributed by atoms with van der Waals surface area (Å²) in [5.74, 6) is 1.52. The highest BCUT2D eigenvalue weighted by atomic mass is 16.5. The minimum Gasteiger partial charge on any atom is -0.494 e. The summed E-state index contributed by atoms with van der Waals surface area (Å²) in [5.41, 5.74) is 0.709. The minimum atomic E-state index is 0.0684. The summed E-state index contributed by atoms with van der Waals surface area (Å²) in [6.45, 7) is 8.99. The van der Waals surface area contributed by atoms with Crippen LogP contribution in [0.1, 0.15) is 37.6 Å². The maximum Gasteiger partial charge on any atom is 0.254 e. The molecule has 1 saturated heterocycles. The van der Waals surface area contributed by atoms with Gasteiger partial charge in [0.2, 0.25) is 0 Å². The Hall–Kier alpha value is -1.55. The van der Waals surface area contributed by atoms with E-state index in [9.17, 15) is 4.79 Å². The van der Waals surface area contributed by atoms with Gasteiger partial charge in [-0.1, -0.05) is 13.8 Å². The molecule has 1 atom stereocenters. The molecule has 1 amide bonds. The molecule has 1 heterocycles. The number of morpholine rings is 1. The van der Waals surface area contributed by atoms with Crippen LogP contribution in [0.25, 0.3) is 0 Å². The van der Waals surface area contributed by atoms with Crippen LogP contribution in [0.4, 0.5) is 0 Å². The van der Waals surface area contributed by atoms with Gasteiger partial charge in [0.1, 0.15) is 5.75 Å². The average molecular weight is 291 g/mol. The largest absolute Gasteiger partial charge is 0.494 e. The van der Waals surface area contributed by atoms with Crippen molar-refractivity contribution in [1.29, 1.82) is 0 Å². The monoisotopic (exact) mass is 291 g/mol. The lowest BCUT2D eigenvalue weighted by atomic mass is 10.1. The molecule has 0 radical (unpaired) electrons. The second-order valence-corrected chi connectivity index (χ2v) is 5.99. The van der Waals surface area contributed by atoms with Crippen molar-refractivity contribution < 1.29 is 14.3 Å². The zero-order valence-corrected chi connectivity index (χ0v) is 13.2. The number of benzene rings is 1. The van der Waals surface area contributed by atoms with Gasteiger partial charge in [-0.05, 0) is 43.5 Å². The topological polar surface area (TPSA) is 38.8 Å². The van der Waals surface area contributed by atoms with E-state index in [1.807, 2.05) is 36.1 Å². The van der Waals surface area contributed by atoms with Crippen molar-refractivity contribution in [3.05, 3.63) is 29.8 Å². The van der Waals surface area contributed by atoms with Crippen molar-refractivity contribution in [2.75, 3.05) is 26.3 Å². The SMILES string of the molecule is CC(C)CCOc1ccc(C(=O)N2CCOC(C)C2)cc1. The molecule has 2 rings (SSSR count). The van der Waals surface area contributed by atoms with Crippen LogP contribution >= 0.6 is 0 Å². The van der Waals surface area contributed by atoms with E-state index in [2.05, 4.69) is 13.8 Å². The van der Waals surface area contributed by atoms with Gasteiger partial charge in [0.05, 0.1) is 19.3 Å². The fourth-order valence-electron chi connectivity index (χ4n) is 2.29. The minimum absolute atomic E-state index is 0.0684. The van der Waals surface area contributed by atoms with Gasteiger partial charge in [0, 0.05) is 18.7 Å². The van der Waals surface area contributed by atoms with Crippen molar-refractivity contribution in [1.82, 2.24) is 4.90 Å². The number of amides is 1. The van der Waals surface area contributed by atoms with Crippen LogP contribution in [0.2, 0.25) is 0 Å². The van der Waals surface area contributed by atoms with Gasteiger partial charge >= 0.3 is 0 Å². The number of carbonyl (C=O) groups excluding carboxylic acids is 1. The maximum atomic E-state index is 12.4. The second kappa shape index (κ2) is 7.46. The lowest BCUT2D eigenvalue weighted by Crippen LogP contribution is -2.44. The van der Waals surface area contributed by atoms with Crippen molar-refractivity contribution in [3.8, 4) is 5.75 Å². The molecule has 4 heteroatoms. The fourth-order valence-corrected chi connectivity index (χ4v) is 2.29. The van der Waals surface area contributed by atoms with Crippen LogP contribution in [0.3, 0.4) is 0 Å². The first-order valence-corrected chi connectivity index (χ1v) is 7.70. The molecule has 0 spiro atoms. The van der Waals surface area contributed by atoms with E-state index in [1.54, 1.807) is 0 Å². The molecule has 0 aromatic heterocycles. The summed E-state index contributed by atoms with van der Waals surface area (Å²) >= 11 is 0. The first-order chi connectivity index (χ1) is 10.1. The molecule has 0 N–H and O–H groups in total. The Morgan fingerprint density at radius 3 is 2.71 bits per heavy atom. The summed E-state index contributed by atoms with van der Waals surface area (Å²) in [7, 11) is 0. The lowest BCUT2D eigenvalue weighted by Gasteiger charge is -2.31. The molecule has 1 fully saturated rings. The highest BCUT2D eigenvalue weighted by Crippen LogP contribution is 2.16. The number of nitrogens with zero attached hydrogens (tertiary/aromatic N) is 1. The van der Waals surface area contributed by atoms with Crippen LogP contribution in [-0.2, 0) is 4.74 Å². The van der Waals surface area contributed by atoms with E-state index in [0.717, 1.165) is 12.2 Å². The summed E-state index contributed by atoms with van der Waals surface area (Å²) in [6, 6.07) is 7.43. The summed E-state index contributed by atoms with van der Waals surface area (Å²) in [5, 5.41) is 0. The van der Waals surface area contributed by atoms with E-state index < -0.39 is 0 Å².